The molecule has 0 saturated carbocycles. The van der Waals surface area contributed by atoms with Crippen molar-refractivity contribution in [3.8, 4) is 0 Å². The van der Waals surface area contributed by atoms with E-state index in [2.05, 4.69) is 5.32 Å². The summed E-state index contributed by atoms with van der Waals surface area (Å²) in [5.41, 5.74) is 0. The highest BCUT2D eigenvalue weighted by Crippen LogP contribution is 2.21. The van der Waals surface area contributed by atoms with Crippen molar-refractivity contribution in [1.29, 1.82) is 0 Å². The fourth-order valence-corrected chi connectivity index (χ4v) is 3.05. The van der Waals surface area contributed by atoms with Gasteiger partial charge in [0.1, 0.15) is 0 Å². The number of aliphatic carboxylic acids is 1. The first kappa shape index (κ1) is 15.1. The van der Waals surface area contributed by atoms with Crippen LogP contribution < -0.4 is 5.32 Å². The van der Waals surface area contributed by atoms with E-state index >= 15 is 0 Å². The van der Waals surface area contributed by atoms with Crippen molar-refractivity contribution < 1.29 is 19.4 Å². The summed E-state index contributed by atoms with van der Waals surface area (Å²) in [5, 5.41) is 11.9. The summed E-state index contributed by atoms with van der Waals surface area (Å²) >= 11 is 0. The third-order valence-electron chi connectivity index (χ3n) is 4.17. The molecule has 0 aliphatic carbocycles. The second-order valence-corrected chi connectivity index (χ2v) is 5.73. The van der Waals surface area contributed by atoms with Crippen LogP contribution in [-0.2, 0) is 9.53 Å². The van der Waals surface area contributed by atoms with Gasteiger partial charge in [-0.1, -0.05) is 0 Å². The van der Waals surface area contributed by atoms with E-state index in [9.17, 15) is 9.59 Å². The normalized spacial score (nSPS) is 28.1. The summed E-state index contributed by atoms with van der Waals surface area (Å²) < 4.78 is 5.57. The first-order valence-corrected chi connectivity index (χ1v) is 7.48. The summed E-state index contributed by atoms with van der Waals surface area (Å²) in [6.45, 7) is 3.35. The Morgan fingerprint density at radius 2 is 2.15 bits per heavy atom. The number of piperidine rings is 1. The lowest BCUT2D eigenvalue weighted by Gasteiger charge is -2.36. The van der Waals surface area contributed by atoms with Crippen LogP contribution in [0.15, 0.2) is 0 Å². The van der Waals surface area contributed by atoms with E-state index in [1.54, 1.807) is 4.90 Å². The molecule has 0 radical (unpaired) electrons. The molecule has 2 aliphatic rings. The third kappa shape index (κ3) is 3.85. The molecular weight excluding hydrogens is 260 g/mol. The number of carbonyl (C=O) groups is 2. The van der Waals surface area contributed by atoms with E-state index in [0.717, 1.165) is 38.7 Å². The predicted octanol–water partition coefficient (Wildman–Crippen LogP) is 1.59. The maximum absolute atomic E-state index is 12.3. The number of hydrogen-bond acceptors (Lipinski definition) is 3. The number of amides is 2. The molecule has 0 bridgehead atoms. The Balaban J connectivity index is 1.89. The summed E-state index contributed by atoms with van der Waals surface area (Å²) in [7, 11) is 0. The van der Waals surface area contributed by atoms with Crippen molar-refractivity contribution in [2.45, 2.75) is 63.6 Å². The number of nitrogens with one attached hydrogen (secondary N) is 1. The van der Waals surface area contributed by atoms with Gasteiger partial charge in [0, 0.05) is 19.2 Å². The van der Waals surface area contributed by atoms with Gasteiger partial charge in [-0.3, -0.25) is 4.79 Å². The van der Waals surface area contributed by atoms with Crippen molar-refractivity contribution in [1.82, 2.24) is 10.2 Å². The number of urea groups is 1. The molecular formula is C14H24N2O4. The number of carbonyl (C=O) groups excluding carboxylic acids is 1. The van der Waals surface area contributed by atoms with Crippen molar-refractivity contribution in [2.75, 3.05) is 13.2 Å². The molecule has 20 heavy (non-hydrogen) atoms. The minimum absolute atomic E-state index is 0.0295. The second-order valence-electron chi connectivity index (χ2n) is 5.73. The maximum atomic E-state index is 12.3. The number of carboxylic acids is 1. The zero-order valence-corrected chi connectivity index (χ0v) is 12.0. The molecule has 0 aromatic rings. The highest BCUT2D eigenvalue weighted by atomic mass is 16.5. The summed E-state index contributed by atoms with van der Waals surface area (Å²) in [4.78, 5) is 24.9. The Bertz CT molecular complexity index is 355. The van der Waals surface area contributed by atoms with Crippen molar-refractivity contribution >= 4 is 12.0 Å². The van der Waals surface area contributed by atoms with Crippen LogP contribution in [0.2, 0.25) is 0 Å². The van der Waals surface area contributed by atoms with Gasteiger partial charge in [-0.2, -0.15) is 0 Å². The fraction of sp³-hybridized carbons (Fsp3) is 0.857. The Morgan fingerprint density at radius 3 is 2.80 bits per heavy atom. The lowest BCUT2D eigenvalue weighted by atomic mass is 10.00. The average molecular weight is 284 g/mol. The van der Waals surface area contributed by atoms with E-state index in [0.29, 0.717) is 6.54 Å². The van der Waals surface area contributed by atoms with Crippen LogP contribution in [0.3, 0.4) is 0 Å². The molecule has 0 spiro atoms. The number of nitrogens with zero attached hydrogens (tertiary/aromatic N) is 1. The number of rotatable bonds is 4. The Labute approximate surface area is 119 Å². The van der Waals surface area contributed by atoms with E-state index in [-0.39, 0.29) is 30.6 Å². The average Bonchev–Trinajstić information content (AvgIpc) is 2.92. The molecule has 2 heterocycles. The molecule has 2 fully saturated rings. The Hall–Kier alpha value is -1.30. The molecule has 2 N–H and O–H groups in total. The van der Waals surface area contributed by atoms with E-state index in [4.69, 9.17) is 9.84 Å². The molecule has 6 nitrogen and oxygen atoms in total. The lowest BCUT2D eigenvalue weighted by Crippen LogP contribution is -2.53. The van der Waals surface area contributed by atoms with Crippen LogP contribution in [0.5, 0.6) is 0 Å². The highest BCUT2D eigenvalue weighted by Gasteiger charge is 2.31. The van der Waals surface area contributed by atoms with E-state index < -0.39 is 5.97 Å². The van der Waals surface area contributed by atoms with E-state index in [1.165, 1.54) is 0 Å². The molecule has 0 aromatic heterocycles. The monoisotopic (exact) mass is 284 g/mol. The molecule has 0 aromatic carbocycles. The predicted molar refractivity (Wildman–Crippen MR) is 73.6 cm³/mol. The first-order chi connectivity index (χ1) is 9.58. The summed E-state index contributed by atoms with van der Waals surface area (Å²) in [5.74, 6) is -0.845. The third-order valence-corrected chi connectivity index (χ3v) is 4.17. The zero-order valence-electron chi connectivity index (χ0n) is 12.0. The molecule has 2 saturated heterocycles. The molecule has 2 amide bonds. The summed E-state index contributed by atoms with van der Waals surface area (Å²) in [6, 6.07) is -0.366. The van der Waals surface area contributed by atoms with Gasteiger partial charge in [0.2, 0.25) is 0 Å². The number of hydrogen-bond donors (Lipinski definition) is 2. The highest BCUT2D eigenvalue weighted by molar-refractivity contribution is 5.76. The van der Waals surface area contributed by atoms with Gasteiger partial charge in [0.25, 0.3) is 0 Å². The lowest BCUT2D eigenvalue weighted by molar-refractivity contribution is -0.138. The van der Waals surface area contributed by atoms with E-state index in [1.807, 2.05) is 6.92 Å². The van der Waals surface area contributed by atoms with Crippen LogP contribution in [0.1, 0.15) is 45.4 Å². The van der Waals surface area contributed by atoms with Gasteiger partial charge in [-0.05, 0) is 39.0 Å². The number of likely N-dealkylation sites (tertiary alicyclic amines) is 1. The molecule has 3 unspecified atom stereocenters. The minimum atomic E-state index is -0.845. The van der Waals surface area contributed by atoms with Gasteiger partial charge in [-0.15, -0.1) is 0 Å². The zero-order chi connectivity index (χ0) is 14.5. The van der Waals surface area contributed by atoms with Crippen molar-refractivity contribution in [2.24, 2.45) is 0 Å². The van der Waals surface area contributed by atoms with Gasteiger partial charge in [0.05, 0.1) is 18.6 Å². The Morgan fingerprint density at radius 1 is 1.35 bits per heavy atom. The molecule has 6 heteroatoms. The maximum Gasteiger partial charge on any atom is 0.317 e. The van der Waals surface area contributed by atoms with Crippen molar-refractivity contribution in [3.05, 3.63) is 0 Å². The topological polar surface area (TPSA) is 78.9 Å². The van der Waals surface area contributed by atoms with Gasteiger partial charge in [-0.25, -0.2) is 4.79 Å². The van der Waals surface area contributed by atoms with Crippen LogP contribution in [0.25, 0.3) is 0 Å². The van der Waals surface area contributed by atoms with Gasteiger partial charge >= 0.3 is 12.0 Å². The fourth-order valence-electron chi connectivity index (χ4n) is 3.05. The largest absolute Gasteiger partial charge is 0.481 e. The number of carboxylic acid groups (broad SMARTS) is 1. The van der Waals surface area contributed by atoms with Gasteiger partial charge < -0.3 is 20.1 Å². The van der Waals surface area contributed by atoms with Crippen LogP contribution in [0.4, 0.5) is 4.79 Å². The van der Waals surface area contributed by atoms with Gasteiger partial charge in [0.15, 0.2) is 0 Å². The standard InChI is InChI=1S/C14H24N2O4/c1-10(12-6-4-8-20-12)15-14(19)16-7-3-2-5-11(16)9-13(17)18/h10-12H,2-9H2,1H3,(H,15,19)(H,17,18). The van der Waals surface area contributed by atoms with Crippen LogP contribution >= 0.6 is 0 Å². The molecule has 3 atom stereocenters. The van der Waals surface area contributed by atoms with Crippen LogP contribution in [0, 0.1) is 0 Å². The Kier molecular flexibility index (Phi) is 5.23. The number of ether oxygens (including phenoxy) is 1. The second kappa shape index (κ2) is 6.92. The first-order valence-electron chi connectivity index (χ1n) is 7.48. The summed E-state index contributed by atoms with van der Waals surface area (Å²) in [6.07, 6.45) is 4.83. The molecule has 2 aliphatic heterocycles. The molecule has 114 valence electrons. The smallest absolute Gasteiger partial charge is 0.317 e. The minimum Gasteiger partial charge on any atom is -0.481 e. The molecule has 2 rings (SSSR count). The van der Waals surface area contributed by atoms with Crippen LogP contribution in [-0.4, -0.2) is 53.3 Å². The van der Waals surface area contributed by atoms with Crippen molar-refractivity contribution in [3.63, 3.8) is 0 Å². The SMILES string of the molecule is CC(NC(=O)N1CCCCC1CC(=O)O)C1CCCO1. The quantitative estimate of drug-likeness (QED) is 0.821.